The van der Waals surface area contributed by atoms with Crippen LogP contribution in [0.15, 0.2) is 24.3 Å². The van der Waals surface area contributed by atoms with Crippen LogP contribution in [0.2, 0.25) is 0 Å². The molecule has 1 unspecified atom stereocenters. The van der Waals surface area contributed by atoms with Crippen molar-refractivity contribution in [2.24, 2.45) is 0 Å². The van der Waals surface area contributed by atoms with Gasteiger partial charge >= 0.3 is 5.97 Å². The zero-order valence-electron chi connectivity index (χ0n) is 15.4. The smallest absolute Gasteiger partial charge is 0.303 e. The van der Waals surface area contributed by atoms with Crippen LogP contribution in [-0.2, 0) is 4.79 Å². The van der Waals surface area contributed by atoms with Crippen LogP contribution in [0.5, 0.6) is 0 Å². The highest BCUT2D eigenvalue weighted by molar-refractivity contribution is 6.21. The number of halogens is 1. The third-order valence-electron chi connectivity index (χ3n) is 4.69. The molecule has 3 atom stereocenters. The molecule has 2 N–H and O–H groups in total. The SMILES string of the molecule is CCCCCC(O)/C=C\CN1CC[C@@H](Cl)[C@@H]1C/C=C\CCCC(=O)O. The molecule has 0 amide bonds. The highest BCUT2D eigenvalue weighted by Crippen LogP contribution is 2.25. The van der Waals surface area contributed by atoms with Crippen LogP contribution in [-0.4, -0.2) is 51.7 Å². The molecule has 5 heteroatoms. The summed E-state index contributed by atoms with van der Waals surface area (Å²) in [5.41, 5.74) is 0. The Morgan fingerprint density at radius 3 is 2.80 bits per heavy atom. The zero-order valence-corrected chi connectivity index (χ0v) is 16.2. The largest absolute Gasteiger partial charge is 0.481 e. The molecule has 144 valence electrons. The van der Waals surface area contributed by atoms with Crippen molar-refractivity contribution in [3.8, 4) is 0 Å². The molecule has 1 heterocycles. The van der Waals surface area contributed by atoms with Gasteiger partial charge in [0.25, 0.3) is 0 Å². The standard InChI is InChI=1S/C20H34ClNO3/c1-2-3-6-10-17(23)11-9-15-22-16-14-18(21)19(22)12-7-4-5-8-13-20(24)25/h4,7,9,11,17-19,23H,2-3,5-6,8,10,12-16H2,1H3,(H,24,25)/b7-4-,11-9-/t17?,18-,19+/m1/s1. The maximum Gasteiger partial charge on any atom is 0.303 e. The van der Waals surface area contributed by atoms with Crippen LogP contribution in [0.25, 0.3) is 0 Å². The van der Waals surface area contributed by atoms with Crippen molar-refractivity contribution in [3.63, 3.8) is 0 Å². The van der Waals surface area contributed by atoms with Crippen LogP contribution in [0.3, 0.4) is 0 Å². The Bertz CT molecular complexity index is 425. The van der Waals surface area contributed by atoms with Crippen LogP contribution in [0.4, 0.5) is 0 Å². The van der Waals surface area contributed by atoms with E-state index < -0.39 is 5.97 Å². The van der Waals surface area contributed by atoms with Gasteiger partial charge in [0, 0.05) is 25.6 Å². The van der Waals surface area contributed by atoms with Gasteiger partial charge in [-0.1, -0.05) is 50.5 Å². The molecule has 0 aromatic carbocycles. The molecular weight excluding hydrogens is 338 g/mol. The fourth-order valence-corrected chi connectivity index (χ4v) is 3.54. The number of aliphatic hydroxyl groups is 1. The molecule has 0 saturated carbocycles. The molecule has 1 aliphatic rings. The Balaban J connectivity index is 2.30. The molecule has 1 fully saturated rings. The van der Waals surface area contributed by atoms with Crippen LogP contribution < -0.4 is 0 Å². The highest BCUT2D eigenvalue weighted by Gasteiger charge is 2.30. The van der Waals surface area contributed by atoms with Gasteiger partial charge < -0.3 is 10.2 Å². The number of rotatable bonds is 13. The summed E-state index contributed by atoms with van der Waals surface area (Å²) < 4.78 is 0. The van der Waals surface area contributed by atoms with E-state index in [1.165, 1.54) is 12.8 Å². The quantitative estimate of drug-likeness (QED) is 0.287. The molecular formula is C20H34ClNO3. The Hall–Kier alpha value is -0.840. The van der Waals surface area contributed by atoms with E-state index in [9.17, 15) is 9.90 Å². The lowest BCUT2D eigenvalue weighted by atomic mass is 10.1. The molecule has 0 spiro atoms. The lowest BCUT2D eigenvalue weighted by molar-refractivity contribution is -0.137. The summed E-state index contributed by atoms with van der Waals surface area (Å²) in [5.74, 6) is -0.736. The Morgan fingerprint density at radius 2 is 2.08 bits per heavy atom. The van der Waals surface area contributed by atoms with Crippen LogP contribution >= 0.6 is 11.6 Å². The van der Waals surface area contributed by atoms with Crippen molar-refractivity contribution in [2.45, 2.75) is 82.2 Å². The van der Waals surface area contributed by atoms with Crippen molar-refractivity contribution in [1.29, 1.82) is 0 Å². The molecule has 4 nitrogen and oxygen atoms in total. The first kappa shape index (κ1) is 22.2. The topological polar surface area (TPSA) is 60.8 Å². The first-order chi connectivity index (χ1) is 12.0. The van der Waals surface area contributed by atoms with Crippen LogP contribution in [0.1, 0.15) is 64.7 Å². The Labute approximate surface area is 157 Å². The summed E-state index contributed by atoms with van der Waals surface area (Å²) in [4.78, 5) is 12.8. The molecule has 1 saturated heterocycles. The van der Waals surface area contributed by atoms with Gasteiger partial charge in [-0.3, -0.25) is 9.69 Å². The summed E-state index contributed by atoms with van der Waals surface area (Å²) in [6.45, 7) is 3.98. The minimum Gasteiger partial charge on any atom is -0.481 e. The van der Waals surface area contributed by atoms with Gasteiger partial charge in [-0.25, -0.2) is 0 Å². The third kappa shape index (κ3) is 10.0. The zero-order chi connectivity index (χ0) is 18.5. The summed E-state index contributed by atoms with van der Waals surface area (Å²) in [6, 6.07) is 0.319. The molecule has 0 aromatic rings. The van der Waals surface area contributed by atoms with Crippen molar-refractivity contribution < 1.29 is 15.0 Å². The average molecular weight is 372 g/mol. The number of likely N-dealkylation sites (tertiary alicyclic amines) is 1. The highest BCUT2D eigenvalue weighted by atomic mass is 35.5. The first-order valence-corrected chi connectivity index (χ1v) is 10.1. The van der Waals surface area contributed by atoms with Crippen LogP contribution in [0, 0.1) is 0 Å². The van der Waals surface area contributed by atoms with E-state index in [-0.39, 0.29) is 17.9 Å². The summed E-state index contributed by atoms with van der Waals surface area (Å²) in [7, 11) is 0. The minimum absolute atomic E-state index is 0.159. The number of allylic oxidation sites excluding steroid dienone is 1. The second-order valence-electron chi connectivity index (χ2n) is 6.85. The predicted octanol–water partition coefficient (Wildman–Crippen LogP) is 4.37. The molecule has 0 radical (unpaired) electrons. The number of unbranched alkanes of at least 4 members (excludes halogenated alkanes) is 3. The normalized spacial score (nSPS) is 23.0. The van der Waals surface area contributed by atoms with Crippen molar-refractivity contribution in [2.75, 3.05) is 13.1 Å². The number of aliphatic hydroxyl groups excluding tert-OH is 1. The minimum atomic E-state index is -0.736. The second kappa shape index (κ2) is 13.4. The number of hydrogen-bond acceptors (Lipinski definition) is 3. The molecule has 25 heavy (non-hydrogen) atoms. The van der Waals surface area contributed by atoms with Gasteiger partial charge in [0.05, 0.1) is 11.5 Å². The fraction of sp³-hybridized carbons (Fsp3) is 0.750. The maximum absolute atomic E-state index is 10.5. The van der Waals surface area contributed by atoms with Gasteiger partial charge in [0.15, 0.2) is 0 Å². The number of hydrogen-bond donors (Lipinski definition) is 2. The predicted molar refractivity (Wildman–Crippen MR) is 104 cm³/mol. The van der Waals surface area contributed by atoms with E-state index in [2.05, 4.69) is 30.1 Å². The van der Waals surface area contributed by atoms with Crippen molar-refractivity contribution in [1.82, 2.24) is 4.90 Å². The first-order valence-electron chi connectivity index (χ1n) is 9.64. The van der Waals surface area contributed by atoms with E-state index in [0.29, 0.717) is 12.5 Å². The third-order valence-corrected chi connectivity index (χ3v) is 5.19. The summed E-state index contributed by atoms with van der Waals surface area (Å²) in [6.07, 6.45) is 15.7. The number of carboxylic acid groups (broad SMARTS) is 1. The number of carboxylic acids is 1. The van der Waals surface area contributed by atoms with E-state index in [1.807, 2.05) is 6.08 Å². The Morgan fingerprint density at radius 1 is 1.28 bits per heavy atom. The fourth-order valence-electron chi connectivity index (χ4n) is 3.18. The summed E-state index contributed by atoms with van der Waals surface area (Å²) >= 11 is 6.45. The van der Waals surface area contributed by atoms with E-state index in [1.54, 1.807) is 0 Å². The maximum atomic E-state index is 10.5. The molecule has 0 aromatic heterocycles. The molecule has 1 aliphatic heterocycles. The van der Waals surface area contributed by atoms with E-state index in [0.717, 1.165) is 45.2 Å². The van der Waals surface area contributed by atoms with E-state index in [4.69, 9.17) is 16.7 Å². The number of nitrogens with zero attached hydrogens (tertiary/aromatic N) is 1. The monoisotopic (exact) mass is 371 g/mol. The number of aliphatic carboxylic acids is 1. The molecule has 0 bridgehead atoms. The lowest BCUT2D eigenvalue weighted by Crippen LogP contribution is -2.33. The van der Waals surface area contributed by atoms with Crippen molar-refractivity contribution >= 4 is 17.6 Å². The lowest BCUT2D eigenvalue weighted by Gasteiger charge is -2.23. The Kier molecular flexibility index (Phi) is 11.9. The van der Waals surface area contributed by atoms with Crippen molar-refractivity contribution in [3.05, 3.63) is 24.3 Å². The average Bonchev–Trinajstić information content (AvgIpc) is 2.91. The van der Waals surface area contributed by atoms with E-state index >= 15 is 0 Å². The van der Waals surface area contributed by atoms with Gasteiger partial charge in [0.2, 0.25) is 0 Å². The second-order valence-corrected chi connectivity index (χ2v) is 7.41. The molecule has 0 aliphatic carbocycles. The summed E-state index contributed by atoms with van der Waals surface area (Å²) in [5, 5.41) is 18.7. The van der Waals surface area contributed by atoms with Gasteiger partial charge in [-0.2, -0.15) is 0 Å². The number of carbonyl (C=O) groups is 1. The van der Waals surface area contributed by atoms with Gasteiger partial charge in [-0.15, -0.1) is 11.6 Å². The van der Waals surface area contributed by atoms with Gasteiger partial charge in [0.1, 0.15) is 0 Å². The van der Waals surface area contributed by atoms with Gasteiger partial charge in [-0.05, 0) is 32.1 Å². The number of alkyl halides is 1. The molecule has 1 rings (SSSR count).